The Bertz CT molecular complexity index is 448. The van der Waals surface area contributed by atoms with Crippen molar-refractivity contribution in [1.29, 1.82) is 0 Å². The summed E-state index contributed by atoms with van der Waals surface area (Å²) in [5, 5.41) is 10.0. The first-order valence-corrected chi connectivity index (χ1v) is 5.00. The van der Waals surface area contributed by atoms with Gasteiger partial charge in [0.25, 0.3) is 0 Å². The van der Waals surface area contributed by atoms with Crippen LogP contribution in [0, 0.1) is 0 Å². The van der Waals surface area contributed by atoms with Gasteiger partial charge < -0.3 is 9.84 Å². The molecule has 16 heavy (non-hydrogen) atoms. The van der Waals surface area contributed by atoms with Crippen molar-refractivity contribution < 1.29 is 14.6 Å². The first-order chi connectivity index (χ1) is 7.72. The van der Waals surface area contributed by atoms with Crippen LogP contribution in [0.4, 0.5) is 0 Å². The fourth-order valence-corrected chi connectivity index (χ4v) is 1.70. The molecular formula is C13H12O3. The molecule has 2 atom stereocenters. The summed E-state index contributed by atoms with van der Waals surface area (Å²) >= 11 is 0. The Labute approximate surface area is 93.7 Å². The lowest BCUT2D eigenvalue weighted by Gasteiger charge is -2.24. The summed E-state index contributed by atoms with van der Waals surface area (Å²) in [6, 6.07) is 7.46. The molecule has 1 N–H and O–H groups in total. The van der Waals surface area contributed by atoms with Gasteiger partial charge in [-0.3, -0.25) is 0 Å². The van der Waals surface area contributed by atoms with E-state index in [9.17, 15) is 9.90 Å². The van der Waals surface area contributed by atoms with Gasteiger partial charge in [0.2, 0.25) is 0 Å². The lowest BCUT2D eigenvalue weighted by molar-refractivity contribution is -0.145. The summed E-state index contributed by atoms with van der Waals surface area (Å²) < 4.78 is 5.02. The van der Waals surface area contributed by atoms with E-state index < -0.39 is 18.2 Å². The number of ether oxygens (including phenoxy) is 1. The van der Waals surface area contributed by atoms with Gasteiger partial charge in [0.1, 0.15) is 6.10 Å². The smallest absolute Gasteiger partial charge is 0.330 e. The predicted molar refractivity (Wildman–Crippen MR) is 60.5 cm³/mol. The maximum absolute atomic E-state index is 11.1. The summed E-state index contributed by atoms with van der Waals surface area (Å²) in [7, 11) is 0. The molecule has 0 aromatic heterocycles. The van der Waals surface area contributed by atoms with Gasteiger partial charge in [-0.05, 0) is 17.2 Å². The van der Waals surface area contributed by atoms with Crippen LogP contribution in [-0.2, 0) is 9.53 Å². The Morgan fingerprint density at radius 2 is 2.19 bits per heavy atom. The quantitative estimate of drug-likeness (QED) is 0.606. The topological polar surface area (TPSA) is 46.5 Å². The zero-order chi connectivity index (χ0) is 11.5. The van der Waals surface area contributed by atoms with E-state index in [1.54, 1.807) is 6.08 Å². The number of fused-ring (bicyclic) bond motifs is 1. The Kier molecular flexibility index (Phi) is 2.88. The number of aliphatic hydroxyl groups is 1. The van der Waals surface area contributed by atoms with Gasteiger partial charge in [0.05, 0.1) is 0 Å². The Morgan fingerprint density at radius 1 is 1.44 bits per heavy atom. The molecule has 0 bridgehead atoms. The molecule has 0 saturated carbocycles. The van der Waals surface area contributed by atoms with Crippen LogP contribution < -0.4 is 0 Å². The highest BCUT2D eigenvalue weighted by atomic mass is 16.6. The molecule has 2 unspecified atom stereocenters. The van der Waals surface area contributed by atoms with Crippen molar-refractivity contribution in [2.24, 2.45) is 0 Å². The largest absolute Gasteiger partial charge is 0.452 e. The van der Waals surface area contributed by atoms with Crippen LogP contribution in [0.15, 0.2) is 43.0 Å². The van der Waals surface area contributed by atoms with Crippen LogP contribution in [0.5, 0.6) is 0 Å². The summed E-state index contributed by atoms with van der Waals surface area (Å²) in [4.78, 5) is 11.1. The van der Waals surface area contributed by atoms with Crippen molar-refractivity contribution >= 4 is 12.0 Å². The summed E-state index contributed by atoms with van der Waals surface area (Å²) in [6.45, 7) is 3.32. The van der Waals surface area contributed by atoms with E-state index in [4.69, 9.17) is 4.74 Å². The molecule has 0 heterocycles. The first-order valence-electron chi connectivity index (χ1n) is 5.00. The molecule has 0 fully saturated rings. The fraction of sp³-hybridized carbons (Fsp3) is 0.154. The van der Waals surface area contributed by atoms with Crippen molar-refractivity contribution in [3.63, 3.8) is 0 Å². The number of esters is 1. The van der Waals surface area contributed by atoms with Gasteiger partial charge in [-0.15, -0.1) is 0 Å². The van der Waals surface area contributed by atoms with E-state index in [-0.39, 0.29) is 0 Å². The molecule has 1 aliphatic carbocycles. The third kappa shape index (κ3) is 1.90. The molecule has 1 aromatic carbocycles. The van der Waals surface area contributed by atoms with Gasteiger partial charge in [-0.1, -0.05) is 36.9 Å². The number of aliphatic hydroxyl groups excluding tert-OH is 1. The van der Waals surface area contributed by atoms with Crippen molar-refractivity contribution in [2.45, 2.75) is 12.2 Å². The molecule has 82 valence electrons. The Hall–Kier alpha value is -1.87. The molecule has 0 saturated heterocycles. The number of benzene rings is 1. The van der Waals surface area contributed by atoms with E-state index in [0.29, 0.717) is 0 Å². The normalized spacial score (nSPS) is 22.3. The standard InChI is InChI=1S/C13H12O3/c1-2-12(14)16-11-8-7-9-5-3-4-6-10(9)13(11)15/h2-8,11,13,15H,1H2. The maximum Gasteiger partial charge on any atom is 0.330 e. The molecule has 3 nitrogen and oxygen atoms in total. The van der Waals surface area contributed by atoms with Crippen molar-refractivity contribution in [2.75, 3.05) is 0 Å². The van der Waals surface area contributed by atoms with E-state index in [1.807, 2.05) is 30.3 Å². The molecule has 1 aromatic rings. The van der Waals surface area contributed by atoms with Crippen LogP contribution in [0.1, 0.15) is 17.2 Å². The van der Waals surface area contributed by atoms with Crippen molar-refractivity contribution in [1.82, 2.24) is 0 Å². The van der Waals surface area contributed by atoms with Crippen LogP contribution in [0.2, 0.25) is 0 Å². The third-order valence-corrected chi connectivity index (χ3v) is 2.51. The van der Waals surface area contributed by atoms with Crippen LogP contribution in [0.25, 0.3) is 6.08 Å². The minimum atomic E-state index is -0.815. The number of carbonyl (C=O) groups is 1. The number of hydrogen-bond acceptors (Lipinski definition) is 3. The second-order valence-electron chi connectivity index (χ2n) is 3.54. The minimum Gasteiger partial charge on any atom is -0.452 e. The Balaban J connectivity index is 2.24. The lowest BCUT2D eigenvalue weighted by Crippen LogP contribution is -2.25. The Morgan fingerprint density at radius 3 is 2.94 bits per heavy atom. The highest BCUT2D eigenvalue weighted by molar-refractivity contribution is 5.81. The monoisotopic (exact) mass is 216 g/mol. The summed E-state index contributed by atoms with van der Waals surface area (Å²) in [5.41, 5.74) is 1.72. The summed E-state index contributed by atoms with van der Waals surface area (Å²) in [5.74, 6) is -0.534. The first kappa shape index (κ1) is 10.6. The third-order valence-electron chi connectivity index (χ3n) is 2.51. The van der Waals surface area contributed by atoms with Gasteiger partial charge in [0, 0.05) is 6.08 Å². The van der Waals surface area contributed by atoms with E-state index >= 15 is 0 Å². The van der Waals surface area contributed by atoms with Crippen molar-refractivity contribution in [3.05, 3.63) is 54.1 Å². The number of rotatable bonds is 2. The predicted octanol–water partition coefficient (Wildman–Crippen LogP) is 1.84. The van der Waals surface area contributed by atoms with E-state index in [2.05, 4.69) is 6.58 Å². The molecular weight excluding hydrogens is 204 g/mol. The number of carbonyl (C=O) groups excluding carboxylic acids is 1. The molecule has 0 spiro atoms. The molecule has 2 rings (SSSR count). The molecule has 0 aliphatic heterocycles. The summed E-state index contributed by atoms with van der Waals surface area (Å²) in [6.07, 6.45) is 3.14. The highest BCUT2D eigenvalue weighted by Crippen LogP contribution is 2.29. The molecule has 1 aliphatic rings. The SMILES string of the molecule is C=CC(=O)OC1C=Cc2ccccc2C1O. The van der Waals surface area contributed by atoms with Gasteiger partial charge in [0.15, 0.2) is 6.10 Å². The molecule has 3 heteroatoms. The van der Waals surface area contributed by atoms with Gasteiger partial charge in [-0.2, -0.15) is 0 Å². The van der Waals surface area contributed by atoms with Crippen molar-refractivity contribution in [3.8, 4) is 0 Å². The lowest BCUT2D eigenvalue weighted by atomic mass is 9.93. The molecule has 0 radical (unpaired) electrons. The van der Waals surface area contributed by atoms with Crippen LogP contribution in [0.3, 0.4) is 0 Å². The van der Waals surface area contributed by atoms with Gasteiger partial charge in [-0.25, -0.2) is 4.79 Å². The zero-order valence-corrected chi connectivity index (χ0v) is 8.67. The van der Waals surface area contributed by atoms with E-state index in [0.717, 1.165) is 17.2 Å². The second kappa shape index (κ2) is 4.33. The molecule has 0 amide bonds. The average Bonchev–Trinajstić information content (AvgIpc) is 2.33. The average molecular weight is 216 g/mol. The number of hydrogen-bond donors (Lipinski definition) is 1. The minimum absolute atomic E-state index is 0.534. The maximum atomic E-state index is 11.1. The fourth-order valence-electron chi connectivity index (χ4n) is 1.70. The van der Waals surface area contributed by atoms with Crippen LogP contribution >= 0.6 is 0 Å². The van der Waals surface area contributed by atoms with Gasteiger partial charge >= 0.3 is 5.97 Å². The zero-order valence-electron chi connectivity index (χ0n) is 8.67. The van der Waals surface area contributed by atoms with Crippen LogP contribution in [-0.4, -0.2) is 17.2 Å². The second-order valence-corrected chi connectivity index (χ2v) is 3.54. The highest BCUT2D eigenvalue weighted by Gasteiger charge is 2.26. The van der Waals surface area contributed by atoms with E-state index in [1.165, 1.54) is 0 Å².